The average Bonchev–Trinajstić information content (AvgIpc) is 2.86. The number of anilines is 1. The maximum absolute atomic E-state index is 12.0. The Bertz CT molecular complexity index is 857. The summed E-state index contributed by atoms with van der Waals surface area (Å²) in [6.07, 6.45) is 0.0610. The smallest absolute Gasteiger partial charge is 0.310 e. The predicted molar refractivity (Wildman–Crippen MR) is 100 cm³/mol. The lowest BCUT2D eigenvalue weighted by Crippen LogP contribution is -2.24. The van der Waals surface area contributed by atoms with Crippen molar-refractivity contribution in [3.63, 3.8) is 0 Å². The van der Waals surface area contributed by atoms with Crippen LogP contribution in [0.5, 0.6) is 0 Å². The van der Waals surface area contributed by atoms with Crippen LogP contribution >= 0.6 is 0 Å². The largest absolute Gasteiger partial charge is 0.455 e. The standard InChI is InChI=1S/C19H24N4O4/c1-5-20-19(26)14-7-6-8-15(9-14)21-17(24)11-27-18(25)10-16-12(2)22-23(4)13(16)3/h6-9H,5,10-11H2,1-4H3,(H,20,26)(H,21,24). The van der Waals surface area contributed by atoms with Crippen molar-refractivity contribution in [3.8, 4) is 0 Å². The van der Waals surface area contributed by atoms with E-state index >= 15 is 0 Å². The van der Waals surface area contributed by atoms with Gasteiger partial charge in [0.05, 0.1) is 12.1 Å². The lowest BCUT2D eigenvalue weighted by atomic mass is 10.1. The van der Waals surface area contributed by atoms with Crippen molar-refractivity contribution in [1.29, 1.82) is 0 Å². The molecule has 1 aromatic carbocycles. The molecule has 0 saturated heterocycles. The number of benzene rings is 1. The van der Waals surface area contributed by atoms with Crippen molar-refractivity contribution < 1.29 is 19.1 Å². The highest BCUT2D eigenvalue weighted by molar-refractivity contribution is 5.97. The van der Waals surface area contributed by atoms with Crippen molar-refractivity contribution in [1.82, 2.24) is 15.1 Å². The summed E-state index contributed by atoms with van der Waals surface area (Å²) in [7, 11) is 1.81. The first-order valence-electron chi connectivity index (χ1n) is 8.64. The van der Waals surface area contributed by atoms with Gasteiger partial charge in [-0.1, -0.05) is 6.07 Å². The number of aromatic nitrogens is 2. The predicted octanol–water partition coefficient (Wildman–Crippen LogP) is 1.51. The highest BCUT2D eigenvalue weighted by atomic mass is 16.5. The lowest BCUT2D eigenvalue weighted by molar-refractivity contribution is -0.146. The minimum absolute atomic E-state index is 0.0610. The quantitative estimate of drug-likeness (QED) is 0.717. The molecule has 0 aliphatic rings. The Morgan fingerprint density at radius 1 is 1.22 bits per heavy atom. The molecule has 2 aromatic rings. The van der Waals surface area contributed by atoms with E-state index in [1.807, 2.05) is 20.8 Å². The number of hydrogen-bond acceptors (Lipinski definition) is 5. The minimum Gasteiger partial charge on any atom is -0.455 e. The molecule has 2 N–H and O–H groups in total. The molecule has 0 atom stereocenters. The second-order valence-electron chi connectivity index (χ2n) is 6.10. The molecule has 144 valence electrons. The molecule has 1 aromatic heterocycles. The molecular weight excluding hydrogens is 348 g/mol. The molecular formula is C19H24N4O4. The number of carbonyl (C=O) groups excluding carboxylic acids is 3. The number of rotatable bonds is 7. The van der Waals surface area contributed by atoms with E-state index in [1.54, 1.807) is 36.0 Å². The fourth-order valence-corrected chi connectivity index (χ4v) is 2.61. The van der Waals surface area contributed by atoms with E-state index < -0.39 is 18.5 Å². The summed E-state index contributed by atoms with van der Waals surface area (Å²) in [6, 6.07) is 6.54. The Kier molecular flexibility index (Phi) is 6.70. The molecule has 8 heteroatoms. The van der Waals surface area contributed by atoms with E-state index in [9.17, 15) is 14.4 Å². The molecule has 2 rings (SSSR count). The van der Waals surface area contributed by atoms with Gasteiger partial charge in [-0.05, 0) is 39.0 Å². The normalized spacial score (nSPS) is 10.4. The molecule has 0 radical (unpaired) electrons. The van der Waals surface area contributed by atoms with E-state index in [1.165, 1.54) is 0 Å². The van der Waals surface area contributed by atoms with Crippen molar-refractivity contribution in [2.45, 2.75) is 27.2 Å². The summed E-state index contributed by atoms with van der Waals surface area (Å²) in [4.78, 5) is 35.8. The fourth-order valence-electron chi connectivity index (χ4n) is 2.61. The number of amides is 2. The number of nitrogens with one attached hydrogen (secondary N) is 2. The number of aryl methyl sites for hydroxylation is 2. The third-order valence-corrected chi connectivity index (χ3v) is 4.09. The summed E-state index contributed by atoms with van der Waals surface area (Å²) < 4.78 is 6.75. The minimum atomic E-state index is -0.500. The van der Waals surface area contributed by atoms with Crippen LogP contribution in [0.25, 0.3) is 0 Å². The zero-order valence-electron chi connectivity index (χ0n) is 16.0. The van der Waals surface area contributed by atoms with E-state index in [0.29, 0.717) is 17.8 Å². The van der Waals surface area contributed by atoms with Crippen molar-refractivity contribution >= 4 is 23.5 Å². The Morgan fingerprint density at radius 2 is 1.96 bits per heavy atom. The summed E-state index contributed by atoms with van der Waals surface area (Å²) in [6.45, 7) is 5.64. The van der Waals surface area contributed by atoms with Gasteiger partial charge < -0.3 is 15.4 Å². The molecule has 27 heavy (non-hydrogen) atoms. The number of carbonyl (C=O) groups is 3. The van der Waals surface area contributed by atoms with Crippen LogP contribution in [-0.4, -0.2) is 40.7 Å². The zero-order chi connectivity index (χ0) is 20.0. The number of hydrogen-bond donors (Lipinski definition) is 2. The topological polar surface area (TPSA) is 102 Å². The van der Waals surface area contributed by atoms with Gasteiger partial charge in [-0.3, -0.25) is 19.1 Å². The van der Waals surface area contributed by atoms with Crippen LogP contribution in [0, 0.1) is 13.8 Å². The van der Waals surface area contributed by atoms with Gasteiger partial charge in [0.25, 0.3) is 11.8 Å². The van der Waals surface area contributed by atoms with Crippen molar-refractivity contribution in [2.24, 2.45) is 7.05 Å². The first-order valence-corrected chi connectivity index (χ1v) is 8.64. The Morgan fingerprint density at radius 3 is 2.59 bits per heavy atom. The summed E-state index contributed by atoms with van der Waals surface area (Å²) >= 11 is 0. The first kappa shape index (κ1) is 20.2. The van der Waals surface area contributed by atoms with Crippen LogP contribution in [0.3, 0.4) is 0 Å². The molecule has 0 fully saturated rings. The molecule has 0 spiro atoms. The molecule has 0 bridgehead atoms. The van der Waals surface area contributed by atoms with Gasteiger partial charge in [0.1, 0.15) is 0 Å². The van der Waals surface area contributed by atoms with Crippen LogP contribution < -0.4 is 10.6 Å². The molecule has 0 aliphatic heterocycles. The van der Waals surface area contributed by atoms with Gasteiger partial charge in [-0.2, -0.15) is 5.10 Å². The number of ether oxygens (including phenoxy) is 1. The van der Waals surface area contributed by atoms with Gasteiger partial charge in [0.2, 0.25) is 0 Å². The lowest BCUT2D eigenvalue weighted by Gasteiger charge is -2.08. The summed E-state index contributed by atoms with van der Waals surface area (Å²) in [5.41, 5.74) is 3.35. The molecule has 2 amide bonds. The molecule has 0 unspecified atom stereocenters. The Labute approximate surface area is 157 Å². The average molecular weight is 372 g/mol. The van der Waals surface area contributed by atoms with Crippen LogP contribution in [0.1, 0.15) is 34.2 Å². The maximum atomic E-state index is 12.0. The SMILES string of the molecule is CCNC(=O)c1cccc(NC(=O)COC(=O)Cc2c(C)nn(C)c2C)c1. The van der Waals surface area contributed by atoms with Crippen LogP contribution in [0.15, 0.2) is 24.3 Å². The van der Waals surface area contributed by atoms with Crippen LogP contribution in [-0.2, 0) is 27.8 Å². The monoisotopic (exact) mass is 372 g/mol. The van der Waals surface area contributed by atoms with Gasteiger partial charge in [-0.15, -0.1) is 0 Å². The van der Waals surface area contributed by atoms with Gasteiger partial charge in [0, 0.05) is 36.1 Å². The summed E-state index contributed by atoms with van der Waals surface area (Å²) in [5, 5.41) is 9.55. The highest BCUT2D eigenvalue weighted by Crippen LogP contribution is 2.13. The van der Waals surface area contributed by atoms with E-state index in [2.05, 4.69) is 15.7 Å². The number of nitrogens with zero attached hydrogens (tertiary/aromatic N) is 2. The number of esters is 1. The second kappa shape index (κ2) is 8.98. The second-order valence-corrected chi connectivity index (χ2v) is 6.10. The van der Waals surface area contributed by atoms with E-state index in [0.717, 1.165) is 17.0 Å². The van der Waals surface area contributed by atoms with Gasteiger partial charge >= 0.3 is 5.97 Å². The van der Waals surface area contributed by atoms with E-state index in [4.69, 9.17) is 4.74 Å². The van der Waals surface area contributed by atoms with Crippen LogP contribution in [0.2, 0.25) is 0 Å². The highest BCUT2D eigenvalue weighted by Gasteiger charge is 2.15. The van der Waals surface area contributed by atoms with Gasteiger partial charge in [-0.25, -0.2) is 0 Å². The fraction of sp³-hybridized carbons (Fsp3) is 0.368. The third-order valence-electron chi connectivity index (χ3n) is 4.09. The molecule has 0 saturated carbocycles. The maximum Gasteiger partial charge on any atom is 0.310 e. The van der Waals surface area contributed by atoms with Crippen LogP contribution in [0.4, 0.5) is 5.69 Å². The zero-order valence-corrected chi connectivity index (χ0v) is 16.0. The first-order chi connectivity index (χ1) is 12.8. The third kappa shape index (κ3) is 5.40. The van der Waals surface area contributed by atoms with Crippen molar-refractivity contribution in [2.75, 3.05) is 18.5 Å². The molecule has 0 aliphatic carbocycles. The Hall–Kier alpha value is -3.16. The van der Waals surface area contributed by atoms with E-state index in [-0.39, 0.29) is 12.3 Å². The van der Waals surface area contributed by atoms with Crippen molar-refractivity contribution in [3.05, 3.63) is 46.8 Å². The van der Waals surface area contributed by atoms with Gasteiger partial charge in [0.15, 0.2) is 6.61 Å². The summed E-state index contributed by atoms with van der Waals surface area (Å²) in [5.74, 6) is -1.20. The Balaban J connectivity index is 1.88. The molecule has 1 heterocycles. The molecule has 8 nitrogen and oxygen atoms in total.